The highest BCUT2D eigenvalue weighted by Gasteiger charge is 2.33. The summed E-state index contributed by atoms with van der Waals surface area (Å²) in [5.41, 5.74) is 1.82. The van der Waals surface area contributed by atoms with E-state index >= 15 is 0 Å². The molecule has 0 saturated carbocycles. The number of aromatic nitrogens is 2. The number of carbonyl (C=O) groups is 2. The van der Waals surface area contributed by atoms with Gasteiger partial charge in [0.1, 0.15) is 11.6 Å². The molecule has 7 nitrogen and oxygen atoms in total. The topological polar surface area (TPSA) is 93.2 Å². The van der Waals surface area contributed by atoms with Crippen LogP contribution in [-0.4, -0.2) is 28.4 Å². The van der Waals surface area contributed by atoms with E-state index in [4.69, 9.17) is 4.74 Å². The molecule has 0 saturated heterocycles. The van der Waals surface area contributed by atoms with Crippen molar-refractivity contribution >= 4 is 55.0 Å². The largest absolute Gasteiger partial charge is 0.494 e. The van der Waals surface area contributed by atoms with Gasteiger partial charge in [0.15, 0.2) is 10.3 Å². The summed E-state index contributed by atoms with van der Waals surface area (Å²) >= 11 is 2.75. The van der Waals surface area contributed by atoms with Gasteiger partial charge in [0.2, 0.25) is 5.91 Å². The zero-order valence-corrected chi connectivity index (χ0v) is 19.2. The Morgan fingerprint density at radius 2 is 1.88 bits per heavy atom. The van der Waals surface area contributed by atoms with Gasteiger partial charge in [-0.25, -0.2) is 14.4 Å². The molecule has 5 rings (SSSR count). The predicted octanol–water partition coefficient (Wildman–Crippen LogP) is 5.21. The van der Waals surface area contributed by atoms with E-state index in [-0.39, 0.29) is 11.8 Å². The Kier molecular flexibility index (Phi) is 5.77. The van der Waals surface area contributed by atoms with E-state index in [0.717, 1.165) is 27.3 Å². The summed E-state index contributed by atoms with van der Waals surface area (Å²) in [7, 11) is 0. The molecule has 0 bridgehead atoms. The number of ether oxygens (including phenoxy) is 1. The number of amides is 2. The highest BCUT2D eigenvalue weighted by Crippen LogP contribution is 2.39. The van der Waals surface area contributed by atoms with Crippen LogP contribution in [0.1, 0.15) is 40.2 Å². The first-order valence-corrected chi connectivity index (χ1v) is 12.0. The van der Waals surface area contributed by atoms with Crippen molar-refractivity contribution in [1.29, 1.82) is 0 Å². The van der Waals surface area contributed by atoms with Gasteiger partial charge in [0.25, 0.3) is 5.91 Å². The van der Waals surface area contributed by atoms with Crippen molar-refractivity contribution in [3.63, 3.8) is 0 Å². The van der Waals surface area contributed by atoms with E-state index in [1.54, 1.807) is 0 Å². The molecule has 33 heavy (non-hydrogen) atoms. The van der Waals surface area contributed by atoms with Gasteiger partial charge in [-0.05, 0) is 62.2 Å². The van der Waals surface area contributed by atoms with Crippen LogP contribution in [-0.2, 0) is 11.2 Å². The molecule has 4 aromatic rings. The Morgan fingerprint density at radius 3 is 2.67 bits per heavy atom. The van der Waals surface area contributed by atoms with E-state index in [2.05, 4.69) is 20.6 Å². The molecular formula is C23H19FN4O3S2. The maximum atomic E-state index is 13.1. The highest BCUT2D eigenvalue weighted by molar-refractivity contribution is 7.22. The van der Waals surface area contributed by atoms with Crippen LogP contribution in [0.4, 0.5) is 14.7 Å². The van der Waals surface area contributed by atoms with Crippen molar-refractivity contribution in [3.8, 4) is 5.75 Å². The maximum Gasteiger partial charge on any atom is 0.257 e. The molecule has 10 heteroatoms. The SMILES string of the molecule is CCOc1ccc2nc(NC(=O)C3CCc4sc(NC(=O)c5ccc(F)cc5)nc43)sc2c1. The Morgan fingerprint density at radius 1 is 1.09 bits per heavy atom. The van der Waals surface area contributed by atoms with Crippen LogP contribution in [0.3, 0.4) is 0 Å². The summed E-state index contributed by atoms with van der Waals surface area (Å²) in [4.78, 5) is 35.4. The van der Waals surface area contributed by atoms with Crippen LogP contribution in [0.25, 0.3) is 10.2 Å². The van der Waals surface area contributed by atoms with Gasteiger partial charge in [0.05, 0.1) is 28.4 Å². The third kappa shape index (κ3) is 4.44. The number of anilines is 2. The molecule has 168 valence electrons. The number of rotatable bonds is 6. The zero-order chi connectivity index (χ0) is 22.9. The van der Waals surface area contributed by atoms with E-state index < -0.39 is 11.7 Å². The molecule has 2 N–H and O–H groups in total. The first-order valence-electron chi connectivity index (χ1n) is 10.4. The lowest BCUT2D eigenvalue weighted by Gasteiger charge is -2.08. The van der Waals surface area contributed by atoms with Crippen molar-refractivity contribution in [2.75, 3.05) is 17.2 Å². The molecule has 2 aromatic heterocycles. The number of halogens is 1. The Hall–Kier alpha value is -3.37. The number of fused-ring (bicyclic) bond motifs is 2. The number of nitrogens with one attached hydrogen (secondary N) is 2. The molecule has 1 atom stereocenters. The van der Waals surface area contributed by atoms with Crippen LogP contribution in [0.15, 0.2) is 42.5 Å². The summed E-state index contributed by atoms with van der Waals surface area (Å²) in [6.45, 7) is 2.51. The van der Waals surface area contributed by atoms with Crippen molar-refractivity contribution in [3.05, 3.63) is 64.4 Å². The van der Waals surface area contributed by atoms with Crippen LogP contribution in [0.2, 0.25) is 0 Å². The molecule has 0 radical (unpaired) electrons. The molecule has 2 heterocycles. The van der Waals surface area contributed by atoms with Crippen molar-refractivity contribution in [2.45, 2.75) is 25.7 Å². The van der Waals surface area contributed by atoms with E-state index in [1.165, 1.54) is 46.9 Å². The molecule has 2 aromatic carbocycles. The van der Waals surface area contributed by atoms with Gasteiger partial charge in [0, 0.05) is 10.4 Å². The van der Waals surface area contributed by atoms with Gasteiger partial charge < -0.3 is 10.1 Å². The van der Waals surface area contributed by atoms with Crippen LogP contribution < -0.4 is 15.4 Å². The van der Waals surface area contributed by atoms with Crippen LogP contribution in [0.5, 0.6) is 5.75 Å². The summed E-state index contributed by atoms with van der Waals surface area (Å²) in [5, 5.41) is 6.61. The average Bonchev–Trinajstić information content (AvgIpc) is 3.47. The molecular weight excluding hydrogens is 463 g/mol. The van der Waals surface area contributed by atoms with Gasteiger partial charge in [-0.1, -0.05) is 11.3 Å². The van der Waals surface area contributed by atoms with Gasteiger partial charge in [-0.2, -0.15) is 0 Å². The lowest BCUT2D eigenvalue weighted by Crippen LogP contribution is -2.20. The fourth-order valence-corrected chi connectivity index (χ4v) is 5.64. The van der Waals surface area contributed by atoms with Crippen molar-refractivity contribution in [2.24, 2.45) is 0 Å². The molecule has 0 spiro atoms. The number of carbonyl (C=O) groups excluding carboxylic acids is 2. The maximum absolute atomic E-state index is 13.1. The molecule has 0 aliphatic heterocycles. The minimum Gasteiger partial charge on any atom is -0.494 e. The number of aryl methyl sites for hydroxylation is 1. The van der Waals surface area contributed by atoms with Crippen LogP contribution in [0, 0.1) is 5.82 Å². The Labute approximate surface area is 196 Å². The third-order valence-electron chi connectivity index (χ3n) is 5.26. The Bertz CT molecular complexity index is 1350. The zero-order valence-electron chi connectivity index (χ0n) is 17.6. The lowest BCUT2D eigenvalue weighted by atomic mass is 10.1. The quantitative estimate of drug-likeness (QED) is 0.393. The lowest BCUT2D eigenvalue weighted by molar-refractivity contribution is -0.117. The smallest absolute Gasteiger partial charge is 0.257 e. The summed E-state index contributed by atoms with van der Waals surface area (Å²) < 4.78 is 19.5. The van der Waals surface area contributed by atoms with Gasteiger partial charge >= 0.3 is 0 Å². The number of benzene rings is 2. The number of hydrogen-bond acceptors (Lipinski definition) is 7. The molecule has 2 amide bonds. The molecule has 1 aliphatic rings. The minimum atomic E-state index is -0.406. The first-order chi connectivity index (χ1) is 16.0. The van der Waals surface area contributed by atoms with Crippen molar-refractivity contribution < 1.29 is 18.7 Å². The minimum absolute atomic E-state index is 0.167. The summed E-state index contributed by atoms with van der Waals surface area (Å²) in [6, 6.07) is 10.9. The second-order valence-corrected chi connectivity index (χ2v) is 9.56. The van der Waals surface area contributed by atoms with Gasteiger partial charge in [-0.3, -0.25) is 14.9 Å². The summed E-state index contributed by atoms with van der Waals surface area (Å²) in [5.74, 6) is -0.580. The monoisotopic (exact) mass is 482 g/mol. The third-order valence-corrected chi connectivity index (χ3v) is 7.24. The standard InChI is InChI=1S/C23H19FN4O3S2/c1-2-31-14-7-9-16-18(11-14)33-22(25-16)28-21(30)15-8-10-17-19(15)26-23(32-17)27-20(29)12-3-5-13(24)6-4-12/h3-7,9,11,15H,2,8,10H2,1H3,(H,25,28,30)(H,26,27,29). The van der Waals surface area contributed by atoms with Crippen molar-refractivity contribution in [1.82, 2.24) is 9.97 Å². The number of nitrogens with zero attached hydrogens (tertiary/aromatic N) is 2. The Balaban J connectivity index is 1.28. The predicted molar refractivity (Wildman–Crippen MR) is 127 cm³/mol. The molecule has 1 aliphatic carbocycles. The number of thiazole rings is 2. The van der Waals surface area contributed by atoms with E-state index in [0.29, 0.717) is 34.5 Å². The molecule has 1 unspecified atom stereocenters. The fourth-order valence-electron chi connectivity index (χ4n) is 3.71. The van der Waals surface area contributed by atoms with Gasteiger partial charge in [-0.15, -0.1) is 11.3 Å². The van der Waals surface area contributed by atoms with Crippen LogP contribution >= 0.6 is 22.7 Å². The first kappa shape index (κ1) is 21.5. The molecule has 0 fully saturated rings. The second-order valence-electron chi connectivity index (χ2n) is 7.45. The average molecular weight is 483 g/mol. The number of hydrogen-bond donors (Lipinski definition) is 2. The fraction of sp³-hybridized carbons (Fsp3) is 0.217. The summed E-state index contributed by atoms with van der Waals surface area (Å²) in [6.07, 6.45) is 1.38. The normalized spacial score (nSPS) is 14.8. The second kappa shape index (κ2) is 8.87. The van der Waals surface area contributed by atoms with E-state index in [1.807, 2.05) is 25.1 Å². The van der Waals surface area contributed by atoms with E-state index in [9.17, 15) is 14.0 Å². The highest BCUT2D eigenvalue weighted by atomic mass is 32.1.